The largest absolute Gasteiger partial charge is 0.453 e. The Balaban J connectivity index is 0.00000210. The number of H-pyrrole nitrogens is 2. The number of hydrogen-bond donors (Lipinski definition) is 3. The molecule has 2 fully saturated rings. The zero-order valence-electron chi connectivity index (χ0n) is 32.9. The third kappa shape index (κ3) is 9.32. The van der Waals surface area contributed by atoms with Crippen LogP contribution in [0.2, 0.25) is 0 Å². The number of hydrogen-bond acceptors (Lipinski definition) is 6. The lowest BCUT2D eigenvalue weighted by Crippen LogP contribution is -2.51. The van der Waals surface area contributed by atoms with Gasteiger partial charge in [-0.25, -0.2) is 14.8 Å². The van der Waals surface area contributed by atoms with Gasteiger partial charge in [0, 0.05) is 24.6 Å². The van der Waals surface area contributed by atoms with Gasteiger partial charge in [-0.2, -0.15) is 54.0 Å². The number of amides is 3. The molecule has 2 saturated heterocycles. The van der Waals surface area contributed by atoms with Crippen LogP contribution in [-0.2, 0) is 14.3 Å². The number of benzene rings is 3. The van der Waals surface area contributed by atoms with Crippen molar-refractivity contribution in [2.45, 2.75) is 78.4 Å². The third-order valence-corrected chi connectivity index (χ3v) is 11.1. The highest BCUT2D eigenvalue weighted by Crippen LogP contribution is 2.36. The van der Waals surface area contributed by atoms with Gasteiger partial charge in [0.2, 0.25) is 11.8 Å². The minimum atomic E-state index is -0.676. The first-order chi connectivity index (χ1) is 25.0. The van der Waals surface area contributed by atoms with Gasteiger partial charge >= 0.3 is 6.09 Å². The molecule has 3 N–H and O–H groups in total. The van der Waals surface area contributed by atoms with Gasteiger partial charge in [0.05, 0.1) is 42.1 Å². The van der Waals surface area contributed by atoms with Crippen molar-refractivity contribution in [1.29, 1.82) is 0 Å². The number of fused-ring (bicyclic) bond motifs is 2. The molecule has 3 amide bonds. The van der Waals surface area contributed by atoms with Crippen LogP contribution in [0.25, 0.3) is 44.2 Å². The lowest BCUT2D eigenvalue weighted by atomic mass is 9.96. The Bertz CT molecular complexity index is 2140. The summed E-state index contributed by atoms with van der Waals surface area (Å²) in [5.41, 5.74) is 5.97. The van der Waals surface area contributed by atoms with Gasteiger partial charge in [0.25, 0.3) is 0 Å². The van der Waals surface area contributed by atoms with Crippen molar-refractivity contribution in [2.75, 3.05) is 20.2 Å². The smallest absolute Gasteiger partial charge is 0.407 e. The fourth-order valence-corrected chi connectivity index (χ4v) is 7.67. The molecule has 0 bridgehead atoms. The van der Waals surface area contributed by atoms with Crippen molar-refractivity contribution in [3.63, 3.8) is 0 Å². The molecule has 0 radical (unpaired) electrons. The molecule has 2 aliphatic heterocycles. The number of rotatable bonds is 9. The van der Waals surface area contributed by atoms with E-state index in [4.69, 9.17) is 14.7 Å². The summed E-state index contributed by atoms with van der Waals surface area (Å²) in [6.07, 6.45) is 4.78. The van der Waals surface area contributed by atoms with Crippen molar-refractivity contribution in [2.24, 2.45) is 17.8 Å². The van der Waals surface area contributed by atoms with E-state index in [2.05, 4.69) is 83.7 Å². The summed E-state index contributed by atoms with van der Waals surface area (Å²) >= 11 is 0. The van der Waals surface area contributed by atoms with E-state index in [0.717, 1.165) is 88.1 Å². The van der Waals surface area contributed by atoms with Crippen LogP contribution in [0, 0.1) is 17.8 Å². The van der Waals surface area contributed by atoms with Crippen LogP contribution in [0.1, 0.15) is 84.0 Å². The second kappa shape index (κ2) is 19.6. The number of aromatic amines is 2. The van der Waals surface area contributed by atoms with Crippen LogP contribution in [0.5, 0.6) is 0 Å². The van der Waals surface area contributed by atoms with Gasteiger partial charge in [-0.1, -0.05) is 65.0 Å². The van der Waals surface area contributed by atoms with E-state index in [1.54, 1.807) is 0 Å². The lowest BCUT2D eigenvalue weighted by molar-refractivity contribution is -0.137. The molecule has 2 aliphatic rings. The van der Waals surface area contributed by atoms with E-state index in [-0.39, 0.29) is 89.7 Å². The number of alkyl carbamates (subject to hydrolysis) is 1. The minimum absolute atomic E-state index is 0. The molecule has 5 aromatic rings. The van der Waals surface area contributed by atoms with E-state index in [1.165, 1.54) is 7.11 Å². The highest BCUT2D eigenvalue weighted by Gasteiger charge is 2.38. The Hall–Kier alpha value is -3.79. The van der Waals surface area contributed by atoms with Crippen LogP contribution >= 0.6 is 54.0 Å². The highest BCUT2D eigenvalue weighted by atomic mass is 32.1. The zero-order chi connectivity index (χ0) is 36.7. The molecule has 56 heavy (non-hydrogen) atoms. The summed E-state index contributed by atoms with van der Waals surface area (Å²) in [6.45, 7) is 11.4. The number of likely N-dealkylation sites (tertiary alicyclic amines) is 2. The molecule has 2 aromatic heterocycles. The van der Waals surface area contributed by atoms with Gasteiger partial charge in [-0.3, -0.25) is 9.59 Å². The Morgan fingerprint density at radius 2 is 1.30 bits per heavy atom. The number of carbonyl (C=O) groups is 3. The molecule has 3 aromatic carbocycles. The number of carbonyl (C=O) groups excluding carboxylic acids is 3. The summed E-state index contributed by atoms with van der Waals surface area (Å²) in [7, 11) is 1.30. The number of imidazole rings is 2. The van der Waals surface area contributed by atoms with Crippen molar-refractivity contribution in [1.82, 2.24) is 35.1 Å². The van der Waals surface area contributed by atoms with Gasteiger partial charge < -0.3 is 29.8 Å². The minimum Gasteiger partial charge on any atom is -0.453 e. The highest BCUT2D eigenvalue weighted by molar-refractivity contribution is 7.59. The molecule has 0 spiro atoms. The van der Waals surface area contributed by atoms with E-state index in [1.807, 2.05) is 36.8 Å². The standard InChI is InChI=1S/C41H49N7O4.4H2S/c1-23(2)25(5)39(49)47-17-8-10-35(47)38-43-31-16-15-29(21-32(31)44-38)27-11-12-28-20-30(14-13-26(28)19-27)33-22-42-37(45-33)34-9-7-18-48(34)40(50)36(24(3)4)46-41(51)52-6;;;;/h11-16,19-25,34-36H,7-10,17-18H2,1-6H3,(H,42,45)(H,43,44)(H,46,51);4*1H2/t25-,34-,35-,36-;;;;/m0..../s1. The SMILES string of the molecule is COC(=O)N[C@H](C(=O)N1CCC[C@H]1c1ncc(-c2ccc3cc(-c4ccc5nc([C@@H]6CCCN6C(=O)[C@@H](C)C(C)C)[nH]c5c4)ccc3c2)[nH]1)C(C)C.S.S.S.S. The molecular formula is C41H57N7O4S4. The summed E-state index contributed by atoms with van der Waals surface area (Å²) in [5, 5.41) is 4.94. The first-order valence-electron chi connectivity index (χ1n) is 18.6. The van der Waals surface area contributed by atoms with Gasteiger partial charge in [-0.05, 0) is 83.7 Å². The van der Waals surface area contributed by atoms with Crippen molar-refractivity contribution in [3.8, 4) is 22.4 Å². The molecule has 0 aliphatic carbocycles. The monoisotopic (exact) mass is 839 g/mol. The second-order valence-electron chi connectivity index (χ2n) is 15.1. The molecule has 0 saturated carbocycles. The average Bonchev–Trinajstić information content (AvgIpc) is 3.97. The number of nitrogens with one attached hydrogen (secondary N) is 3. The van der Waals surface area contributed by atoms with E-state index < -0.39 is 12.1 Å². The summed E-state index contributed by atoms with van der Waals surface area (Å²) in [4.78, 5) is 59.3. The Morgan fingerprint density at radius 1 is 0.732 bits per heavy atom. The molecule has 15 heteroatoms. The maximum Gasteiger partial charge on any atom is 0.407 e. The molecule has 4 atom stereocenters. The maximum atomic E-state index is 13.6. The normalized spacial score (nSPS) is 17.5. The predicted molar refractivity (Wildman–Crippen MR) is 244 cm³/mol. The van der Waals surface area contributed by atoms with Crippen LogP contribution in [0.15, 0.2) is 60.8 Å². The molecule has 0 unspecified atom stereocenters. The number of nitrogens with zero attached hydrogens (tertiary/aromatic N) is 4. The van der Waals surface area contributed by atoms with Gasteiger partial charge in [0.15, 0.2) is 0 Å². The van der Waals surface area contributed by atoms with Crippen molar-refractivity contribution in [3.05, 3.63) is 72.4 Å². The van der Waals surface area contributed by atoms with Crippen LogP contribution < -0.4 is 5.32 Å². The molecule has 304 valence electrons. The van der Waals surface area contributed by atoms with Gasteiger partial charge in [-0.15, -0.1) is 0 Å². The maximum absolute atomic E-state index is 13.6. The number of ether oxygens (including phenoxy) is 1. The summed E-state index contributed by atoms with van der Waals surface area (Å²) in [6, 6.07) is 18.3. The first-order valence-corrected chi connectivity index (χ1v) is 18.6. The third-order valence-electron chi connectivity index (χ3n) is 11.1. The summed E-state index contributed by atoms with van der Waals surface area (Å²) < 4.78 is 4.77. The van der Waals surface area contributed by atoms with Crippen LogP contribution in [0.3, 0.4) is 0 Å². The molecular weight excluding hydrogens is 783 g/mol. The average molecular weight is 840 g/mol. The van der Waals surface area contributed by atoms with Gasteiger partial charge in [0.1, 0.15) is 17.7 Å². The zero-order valence-corrected chi connectivity index (χ0v) is 36.9. The van der Waals surface area contributed by atoms with E-state index in [0.29, 0.717) is 12.5 Å². The summed E-state index contributed by atoms with van der Waals surface area (Å²) in [5.74, 6) is 1.88. The van der Waals surface area contributed by atoms with Crippen molar-refractivity contribution < 1.29 is 19.1 Å². The van der Waals surface area contributed by atoms with Crippen LogP contribution in [-0.4, -0.2) is 73.9 Å². The topological polar surface area (TPSA) is 136 Å². The first kappa shape index (κ1) is 46.6. The predicted octanol–water partition coefficient (Wildman–Crippen LogP) is 8.22. The Morgan fingerprint density at radius 3 is 1.93 bits per heavy atom. The van der Waals surface area contributed by atoms with E-state index in [9.17, 15) is 14.4 Å². The molecule has 7 rings (SSSR count). The fraction of sp³-hybridized carbons (Fsp3) is 0.439. The number of methoxy groups -OCH3 is 1. The lowest BCUT2D eigenvalue weighted by Gasteiger charge is -2.30. The quantitative estimate of drug-likeness (QED) is 0.137. The molecule has 11 nitrogen and oxygen atoms in total. The van der Waals surface area contributed by atoms with E-state index >= 15 is 0 Å². The van der Waals surface area contributed by atoms with Crippen molar-refractivity contribution >= 4 is 93.7 Å². The number of aromatic nitrogens is 4. The van der Waals surface area contributed by atoms with Crippen LogP contribution in [0.4, 0.5) is 4.79 Å². The second-order valence-corrected chi connectivity index (χ2v) is 15.1. The Kier molecular flexibility index (Phi) is 16.3. The fourth-order valence-electron chi connectivity index (χ4n) is 7.67. The Labute approximate surface area is 357 Å². The molecule has 4 heterocycles.